The van der Waals surface area contributed by atoms with Crippen LogP contribution in [0.3, 0.4) is 0 Å². The van der Waals surface area contributed by atoms with Crippen LogP contribution in [0.4, 0.5) is 0 Å². The second kappa shape index (κ2) is 5.87. The van der Waals surface area contributed by atoms with Gasteiger partial charge in [0.05, 0.1) is 6.10 Å². The van der Waals surface area contributed by atoms with Gasteiger partial charge in [-0.25, -0.2) is 0 Å². The van der Waals surface area contributed by atoms with Gasteiger partial charge in [0.2, 0.25) is 8.32 Å². The molecule has 1 aliphatic heterocycles. The van der Waals surface area contributed by atoms with Gasteiger partial charge in [-0.05, 0) is 55.8 Å². The largest absolute Gasteiger partial charge is 0.543 e. The Hall–Kier alpha value is -1.76. The molecule has 0 saturated carbocycles. The summed E-state index contributed by atoms with van der Waals surface area (Å²) in [6, 6.07) is 1.76. The SMILES string of the molecule is CC1(C)OC2Cc3c4c(cc(O[Si](C)(C)C(C)(C)C)c3C2O1)C(=O)C=CC4=O. The molecule has 0 bridgehead atoms. The Kier molecular flexibility index (Phi) is 4.10. The van der Waals surface area contributed by atoms with Crippen LogP contribution >= 0.6 is 0 Å². The molecule has 2 atom stereocenters. The first kappa shape index (κ1) is 19.5. The summed E-state index contributed by atoms with van der Waals surface area (Å²) in [5.41, 5.74) is 2.65. The van der Waals surface area contributed by atoms with Crippen molar-refractivity contribution in [2.45, 2.75) is 77.2 Å². The number of carbonyl (C=O) groups excluding carboxylic acids is 2. The Balaban J connectivity index is 1.91. The van der Waals surface area contributed by atoms with Crippen LogP contribution in [0, 0.1) is 0 Å². The summed E-state index contributed by atoms with van der Waals surface area (Å²) in [5.74, 6) is -0.303. The van der Waals surface area contributed by atoms with Crippen LogP contribution in [0.15, 0.2) is 18.2 Å². The molecule has 1 aromatic rings. The number of carbonyl (C=O) groups is 2. The molecule has 5 nitrogen and oxygen atoms in total. The molecule has 150 valence electrons. The minimum absolute atomic E-state index is 0.000172. The molecule has 0 amide bonds. The summed E-state index contributed by atoms with van der Waals surface area (Å²) in [7, 11) is -2.16. The molecule has 0 N–H and O–H groups in total. The lowest BCUT2D eigenvalue weighted by Gasteiger charge is -2.37. The fourth-order valence-electron chi connectivity index (χ4n) is 3.99. The third-order valence-corrected chi connectivity index (χ3v) is 10.7. The van der Waals surface area contributed by atoms with Crippen LogP contribution in [0.1, 0.15) is 72.6 Å². The maximum atomic E-state index is 12.6. The normalized spacial score (nSPS) is 25.5. The van der Waals surface area contributed by atoms with E-state index < -0.39 is 14.1 Å². The van der Waals surface area contributed by atoms with Crippen LogP contribution in [0.25, 0.3) is 0 Å². The van der Waals surface area contributed by atoms with E-state index in [1.165, 1.54) is 12.2 Å². The summed E-state index contributed by atoms with van der Waals surface area (Å²) < 4.78 is 18.9. The van der Waals surface area contributed by atoms with Crippen molar-refractivity contribution in [1.82, 2.24) is 0 Å². The minimum atomic E-state index is -2.16. The highest BCUT2D eigenvalue weighted by atomic mass is 28.4. The molecule has 1 aromatic carbocycles. The number of hydrogen-bond donors (Lipinski definition) is 0. The van der Waals surface area contributed by atoms with Gasteiger partial charge in [0.25, 0.3) is 0 Å². The molecular weight excluding hydrogens is 372 g/mol. The molecule has 2 unspecified atom stereocenters. The molecule has 1 heterocycles. The van der Waals surface area contributed by atoms with E-state index >= 15 is 0 Å². The van der Waals surface area contributed by atoms with Crippen molar-refractivity contribution < 1.29 is 23.5 Å². The second-order valence-electron chi connectivity index (χ2n) is 9.91. The van der Waals surface area contributed by atoms with Crippen molar-refractivity contribution in [3.8, 4) is 5.75 Å². The standard InChI is InChI=1S/C22H28O5Si/c1-21(2,3)28(6,7)27-16-10-12-14(23)8-9-15(24)18(12)13-11-17-20(19(13)16)26-22(4,5)25-17/h8-10,17,20H,11H2,1-7H3. The zero-order valence-corrected chi connectivity index (χ0v) is 18.6. The predicted octanol–water partition coefficient (Wildman–Crippen LogP) is 4.75. The Labute approximate surface area is 167 Å². The van der Waals surface area contributed by atoms with Crippen LogP contribution in [-0.2, 0) is 15.9 Å². The molecule has 6 heteroatoms. The number of rotatable bonds is 2. The number of ether oxygens (including phenoxy) is 2. The van der Waals surface area contributed by atoms with E-state index in [9.17, 15) is 9.59 Å². The van der Waals surface area contributed by atoms with Gasteiger partial charge in [-0.15, -0.1) is 0 Å². The molecule has 1 saturated heterocycles. The van der Waals surface area contributed by atoms with E-state index in [2.05, 4.69) is 33.9 Å². The summed E-state index contributed by atoms with van der Waals surface area (Å²) in [6.45, 7) is 14.7. The van der Waals surface area contributed by atoms with Crippen molar-refractivity contribution in [3.63, 3.8) is 0 Å². The topological polar surface area (TPSA) is 61.8 Å². The fraction of sp³-hybridized carbons (Fsp3) is 0.545. The van der Waals surface area contributed by atoms with Gasteiger partial charge in [0.1, 0.15) is 11.9 Å². The van der Waals surface area contributed by atoms with Crippen molar-refractivity contribution in [2.24, 2.45) is 0 Å². The smallest absolute Gasteiger partial charge is 0.250 e. The zero-order chi connectivity index (χ0) is 20.6. The summed E-state index contributed by atoms with van der Waals surface area (Å²) in [6.07, 6.45) is 2.79. The summed E-state index contributed by atoms with van der Waals surface area (Å²) in [5, 5.41) is -0.000172. The summed E-state index contributed by atoms with van der Waals surface area (Å²) >= 11 is 0. The van der Waals surface area contributed by atoms with Crippen LogP contribution in [-0.4, -0.2) is 31.8 Å². The third-order valence-electron chi connectivity index (χ3n) is 6.38. The Morgan fingerprint density at radius 3 is 2.39 bits per heavy atom. The Morgan fingerprint density at radius 2 is 1.75 bits per heavy atom. The maximum absolute atomic E-state index is 12.6. The number of ketones is 2. The van der Waals surface area contributed by atoms with E-state index in [-0.39, 0.29) is 28.8 Å². The predicted molar refractivity (Wildman–Crippen MR) is 109 cm³/mol. The van der Waals surface area contributed by atoms with E-state index in [0.29, 0.717) is 23.3 Å². The number of allylic oxidation sites excluding steroid dienone is 2. The van der Waals surface area contributed by atoms with Crippen LogP contribution in [0.2, 0.25) is 18.1 Å². The molecule has 1 fully saturated rings. The van der Waals surface area contributed by atoms with Gasteiger partial charge in [0.15, 0.2) is 17.4 Å². The van der Waals surface area contributed by atoms with E-state index in [1.807, 2.05) is 13.8 Å². The van der Waals surface area contributed by atoms with E-state index in [4.69, 9.17) is 13.9 Å². The Morgan fingerprint density at radius 1 is 1.11 bits per heavy atom. The van der Waals surface area contributed by atoms with Gasteiger partial charge in [0, 0.05) is 23.1 Å². The minimum Gasteiger partial charge on any atom is -0.543 e. The number of fused-ring (bicyclic) bond motifs is 5. The average molecular weight is 401 g/mol. The molecular formula is C22H28O5Si. The molecule has 28 heavy (non-hydrogen) atoms. The van der Waals surface area contributed by atoms with Crippen molar-refractivity contribution in [1.29, 1.82) is 0 Å². The van der Waals surface area contributed by atoms with Crippen molar-refractivity contribution in [2.75, 3.05) is 0 Å². The highest BCUT2D eigenvalue weighted by Gasteiger charge is 2.51. The maximum Gasteiger partial charge on any atom is 0.250 e. The van der Waals surface area contributed by atoms with Gasteiger partial charge in [-0.2, -0.15) is 0 Å². The molecule has 0 aromatic heterocycles. The van der Waals surface area contributed by atoms with Crippen LogP contribution in [0.5, 0.6) is 5.75 Å². The third kappa shape index (κ3) is 2.89. The monoisotopic (exact) mass is 400 g/mol. The first-order valence-electron chi connectivity index (χ1n) is 9.82. The fourth-order valence-corrected chi connectivity index (χ4v) is 5.02. The molecule has 4 rings (SSSR count). The first-order valence-corrected chi connectivity index (χ1v) is 12.7. The van der Waals surface area contributed by atoms with Gasteiger partial charge >= 0.3 is 0 Å². The van der Waals surface area contributed by atoms with Gasteiger partial charge in [-0.3, -0.25) is 9.59 Å². The lowest BCUT2D eigenvalue weighted by molar-refractivity contribution is -0.148. The second-order valence-corrected chi connectivity index (χ2v) is 14.6. The van der Waals surface area contributed by atoms with Gasteiger partial charge < -0.3 is 13.9 Å². The lowest BCUT2D eigenvalue weighted by Crippen LogP contribution is -2.44. The number of benzene rings is 1. The quantitative estimate of drug-likeness (QED) is 0.670. The highest BCUT2D eigenvalue weighted by molar-refractivity contribution is 6.74. The van der Waals surface area contributed by atoms with Crippen molar-refractivity contribution in [3.05, 3.63) is 40.5 Å². The molecule has 0 radical (unpaired) electrons. The van der Waals surface area contributed by atoms with Crippen molar-refractivity contribution >= 4 is 19.9 Å². The van der Waals surface area contributed by atoms with Crippen LogP contribution < -0.4 is 4.43 Å². The molecule has 2 aliphatic carbocycles. The highest BCUT2D eigenvalue weighted by Crippen LogP contribution is 2.52. The first-order chi connectivity index (χ1) is 12.8. The Bertz CT molecular complexity index is 920. The number of hydrogen-bond acceptors (Lipinski definition) is 5. The average Bonchev–Trinajstić information content (AvgIpc) is 3.01. The molecule has 3 aliphatic rings. The lowest BCUT2D eigenvalue weighted by atomic mass is 9.88. The van der Waals surface area contributed by atoms with E-state index in [1.54, 1.807) is 6.07 Å². The zero-order valence-electron chi connectivity index (χ0n) is 17.6. The summed E-state index contributed by atoms with van der Waals surface area (Å²) in [4.78, 5) is 25.2. The van der Waals surface area contributed by atoms with E-state index in [0.717, 1.165) is 11.1 Å². The van der Waals surface area contributed by atoms with Gasteiger partial charge in [-0.1, -0.05) is 20.8 Å². The molecule has 0 spiro atoms.